The number of benzene rings is 1. The van der Waals surface area contributed by atoms with Crippen LogP contribution in [0, 0.1) is 0 Å². The number of pyridine rings is 1. The van der Waals surface area contributed by atoms with Gasteiger partial charge >= 0.3 is 0 Å². The fourth-order valence-corrected chi connectivity index (χ4v) is 3.94. The molecule has 0 unspecified atom stereocenters. The second-order valence-corrected chi connectivity index (χ2v) is 7.91. The molecule has 0 bridgehead atoms. The first-order valence-electron chi connectivity index (χ1n) is 9.02. The summed E-state index contributed by atoms with van der Waals surface area (Å²) in [6.45, 7) is 1.82. The lowest BCUT2D eigenvalue weighted by Crippen LogP contribution is -2.33. The number of hydrogen-bond donors (Lipinski definition) is 0. The Morgan fingerprint density at radius 3 is 2.46 bits per heavy atom. The Morgan fingerprint density at radius 1 is 0.923 bits per heavy atom. The van der Waals surface area contributed by atoms with Gasteiger partial charge in [-0.3, -0.25) is 0 Å². The molecular weight excluding hydrogens is 371 g/mol. The number of anilines is 1. The summed E-state index contributed by atoms with van der Waals surface area (Å²) in [4.78, 5) is 11.7. The van der Waals surface area contributed by atoms with Crippen molar-refractivity contribution in [1.82, 2.24) is 15.1 Å². The molecule has 0 spiro atoms. The van der Waals surface area contributed by atoms with Gasteiger partial charge in [-0.05, 0) is 43.9 Å². The van der Waals surface area contributed by atoms with Crippen molar-refractivity contribution in [3.05, 3.63) is 46.0 Å². The molecule has 0 radical (unpaired) electrons. The van der Waals surface area contributed by atoms with E-state index in [4.69, 9.17) is 32.7 Å². The molecule has 1 saturated carbocycles. The molecule has 3 aromatic rings. The van der Waals surface area contributed by atoms with E-state index in [1.165, 1.54) is 12.8 Å². The molecule has 1 aliphatic carbocycles. The van der Waals surface area contributed by atoms with Crippen LogP contribution in [0.5, 0.6) is 0 Å². The maximum Gasteiger partial charge on any atom is 0.229 e. The highest BCUT2D eigenvalue weighted by atomic mass is 35.5. The Labute approximate surface area is 161 Å². The third-order valence-corrected chi connectivity index (χ3v) is 6.10. The van der Waals surface area contributed by atoms with Gasteiger partial charge in [-0.1, -0.05) is 34.4 Å². The fourth-order valence-electron chi connectivity index (χ4n) is 3.57. The van der Waals surface area contributed by atoms with Crippen LogP contribution in [0.3, 0.4) is 0 Å². The van der Waals surface area contributed by atoms with Crippen molar-refractivity contribution in [2.45, 2.75) is 37.5 Å². The zero-order chi connectivity index (χ0) is 17.7. The third kappa shape index (κ3) is 2.93. The van der Waals surface area contributed by atoms with Crippen molar-refractivity contribution in [2.75, 3.05) is 18.0 Å². The van der Waals surface area contributed by atoms with Crippen molar-refractivity contribution in [1.29, 1.82) is 0 Å². The molecule has 2 fully saturated rings. The van der Waals surface area contributed by atoms with Crippen LogP contribution in [0.1, 0.15) is 49.2 Å². The predicted molar refractivity (Wildman–Crippen MR) is 102 cm³/mol. The van der Waals surface area contributed by atoms with Gasteiger partial charge in [0.15, 0.2) is 5.82 Å². The van der Waals surface area contributed by atoms with Gasteiger partial charge in [0.2, 0.25) is 5.89 Å². The Bertz CT molecular complexity index is 961. The van der Waals surface area contributed by atoms with Crippen LogP contribution in [0.4, 0.5) is 5.82 Å². The molecule has 5 rings (SSSR count). The number of hydrogen-bond acceptors (Lipinski definition) is 5. The topological polar surface area (TPSA) is 55.1 Å². The van der Waals surface area contributed by atoms with Gasteiger partial charge in [-0.2, -0.15) is 4.98 Å². The standard InChI is InChI=1S/C19H18Cl2N4O/c20-14-5-3-11-4-6-15(22-17(11)16(14)21)25-9-7-12(8-10-25)18-23-19(26-24-18)13-1-2-13/h3-6,12-13H,1-2,7-10H2. The smallest absolute Gasteiger partial charge is 0.229 e. The normalized spacial score (nSPS) is 18.6. The first kappa shape index (κ1) is 16.3. The molecule has 0 N–H and O–H groups in total. The summed E-state index contributed by atoms with van der Waals surface area (Å²) < 4.78 is 5.41. The lowest BCUT2D eigenvalue weighted by atomic mass is 9.96. The summed E-state index contributed by atoms with van der Waals surface area (Å²) in [7, 11) is 0. The number of rotatable bonds is 3. The van der Waals surface area contributed by atoms with Crippen LogP contribution in [0.2, 0.25) is 10.0 Å². The summed E-state index contributed by atoms with van der Waals surface area (Å²) in [6.07, 6.45) is 4.35. The van der Waals surface area contributed by atoms with E-state index in [-0.39, 0.29) is 0 Å². The predicted octanol–water partition coefficient (Wildman–Crippen LogP) is 5.19. The zero-order valence-electron chi connectivity index (χ0n) is 14.2. The van der Waals surface area contributed by atoms with Crippen molar-refractivity contribution in [3.8, 4) is 0 Å². The number of piperidine rings is 1. The monoisotopic (exact) mass is 388 g/mol. The van der Waals surface area contributed by atoms with Crippen LogP contribution in [-0.2, 0) is 0 Å². The molecule has 3 heterocycles. The molecule has 1 aliphatic heterocycles. The van der Waals surface area contributed by atoms with Gasteiger partial charge < -0.3 is 9.42 Å². The SMILES string of the molecule is Clc1ccc2ccc(N3CCC(c4noc(C5CC5)n4)CC3)nc2c1Cl. The molecule has 134 valence electrons. The lowest BCUT2D eigenvalue weighted by molar-refractivity contribution is 0.364. The van der Waals surface area contributed by atoms with E-state index in [0.29, 0.717) is 21.9 Å². The third-order valence-electron chi connectivity index (χ3n) is 5.31. The Hall–Kier alpha value is -1.85. The van der Waals surface area contributed by atoms with E-state index in [2.05, 4.69) is 15.0 Å². The highest BCUT2D eigenvalue weighted by Gasteiger charge is 2.32. The Kier molecular flexibility index (Phi) is 4.02. The first-order chi connectivity index (χ1) is 12.7. The van der Waals surface area contributed by atoms with Crippen LogP contribution in [0.15, 0.2) is 28.8 Å². The first-order valence-corrected chi connectivity index (χ1v) is 9.78. The summed E-state index contributed by atoms with van der Waals surface area (Å²) in [6, 6.07) is 7.85. The molecular formula is C19H18Cl2N4O. The van der Waals surface area contributed by atoms with Gasteiger partial charge in [-0.25, -0.2) is 4.98 Å². The fraction of sp³-hybridized carbons (Fsp3) is 0.421. The van der Waals surface area contributed by atoms with Gasteiger partial charge in [0, 0.05) is 30.3 Å². The minimum absolute atomic E-state index is 0.362. The van der Waals surface area contributed by atoms with Crippen molar-refractivity contribution in [2.24, 2.45) is 0 Å². The zero-order valence-corrected chi connectivity index (χ0v) is 15.7. The number of nitrogens with zero attached hydrogens (tertiary/aromatic N) is 4. The van der Waals surface area contributed by atoms with E-state index < -0.39 is 0 Å². The van der Waals surface area contributed by atoms with Crippen molar-refractivity contribution >= 4 is 39.9 Å². The van der Waals surface area contributed by atoms with Crippen molar-refractivity contribution in [3.63, 3.8) is 0 Å². The summed E-state index contributed by atoms with van der Waals surface area (Å²) in [5.74, 6) is 3.50. The van der Waals surface area contributed by atoms with Gasteiger partial charge in [0.25, 0.3) is 0 Å². The highest BCUT2D eigenvalue weighted by Crippen LogP contribution is 2.40. The van der Waals surface area contributed by atoms with Gasteiger partial charge in [0.1, 0.15) is 5.82 Å². The Balaban J connectivity index is 1.33. The lowest BCUT2D eigenvalue weighted by Gasteiger charge is -2.31. The molecule has 0 atom stereocenters. The molecule has 2 aromatic heterocycles. The van der Waals surface area contributed by atoms with Gasteiger partial charge in [-0.15, -0.1) is 0 Å². The number of halogens is 2. The Morgan fingerprint density at radius 2 is 1.69 bits per heavy atom. The van der Waals surface area contributed by atoms with Crippen molar-refractivity contribution < 1.29 is 4.52 Å². The molecule has 1 aromatic carbocycles. The molecule has 1 saturated heterocycles. The number of fused-ring (bicyclic) bond motifs is 1. The maximum atomic E-state index is 6.33. The molecule has 2 aliphatic rings. The average Bonchev–Trinajstić information content (AvgIpc) is 3.42. The van der Waals surface area contributed by atoms with E-state index >= 15 is 0 Å². The second kappa shape index (κ2) is 6.39. The minimum atomic E-state index is 0.362. The van der Waals surface area contributed by atoms with E-state index in [1.807, 2.05) is 18.2 Å². The van der Waals surface area contributed by atoms with Gasteiger partial charge in [0.05, 0.1) is 15.6 Å². The van der Waals surface area contributed by atoms with E-state index in [9.17, 15) is 0 Å². The minimum Gasteiger partial charge on any atom is -0.357 e. The molecule has 7 heteroatoms. The molecule has 0 amide bonds. The van der Waals surface area contributed by atoms with Crippen LogP contribution >= 0.6 is 23.2 Å². The number of aromatic nitrogens is 3. The van der Waals surface area contributed by atoms with Crippen LogP contribution in [0.25, 0.3) is 10.9 Å². The maximum absolute atomic E-state index is 6.33. The van der Waals surface area contributed by atoms with Crippen LogP contribution < -0.4 is 4.90 Å². The van der Waals surface area contributed by atoms with E-state index in [0.717, 1.165) is 54.4 Å². The summed E-state index contributed by atoms with van der Waals surface area (Å²) in [5, 5.41) is 6.25. The largest absolute Gasteiger partial charge is 0.357 e. The van der Waals surface area contributed by atoms with E-state index in [1.54, 1.807) is 6.07 Å². The highest BCUT2D eigenvalue weighted by molar-refractivity contribution is 6.45. The second-order valence-electron chi connectivity index (χ2n) is 7.13. The summed E-state index contributed by atoms with van der Waals surface area (Å²) in [5.41, 5.74) is 0.756. The average molecular weight is 389 g/mol. The quantitative estimate of drug-likeness (QED) is 0.617. The summed E-state index contributed by atoms with van der Waals surface area (Å²) >= 11 is 12.5. The molecule has 26 heavy (non-hydrogen) atoms. The molecule has 5 nitrogen and oxygen atoms in total. The van der Waals surface area contributed by atoms with Crippen LogP contribution in [-0.4, -0.2) is 28.2 Å².